The van der Waals surface area contributed by atoms with Crippen LogP contribution in [-0.4, -0.2) is 38.9 Å². The van der Waals surface area contributed by atoms with Gasteiger partial charge in [-0.2, -0.15) is 0 Å². The molecule has 7 nitrogen and oxygen atoms in total. The summed E-state index contributed by atoms with van der Waals surface area (Å²) in [5.41, 5.74) is 2.45. The Bertz CT molecular complexity index is 967. The van der Waals surface area contributed by atoms with E-state index in [2.05, 4.69) is 10.5 Å². The third kappa shape index (κ3) is 5.28. The molecule has 29 heavy (non-hydrogen) atoms. The highest BCUT2D eigenvalue weighted by atomic mass is 16.5. The van der Waals surface area contributed by atoms with Crippen LogP contribution in [0.4, 0.5) is 0 Å². The highest BCUT2D eigenvalue weighted by molar-refractivity contribution is 5.78. The standard InChI is InChI=1S/C22H24N2O5/c1-26-18-6-4-5-15(11-18)9-10-23-22(25)14-17-13-20(29-24-17)16-7-8-19(27-2)21(12-16)28-3/h4-8,11-13H,9-10,14H2,1-3H3,(H,23,25). The lowest BCUT2D eigenvalue weighted by Crippen LogP contribution is -2.27. The largest absolute Gasteiger partial charge is 0.497 e. The first-order valence-corrected chi connectivity index (χ1v) is 9.20. The number of aromatic nitrogens is 1. The molecular weight excluding hydrogens is 372 g/mol. The van der Waals surface area contributed by atoms with Crippen molar-refractivity contribution in [1.82, 2.24) is 10.5 Å². The molecule has 1 N–H and O–H groups in total. The van der Waals surface area contributed by atoms with Gasteiger partial charge >= 0.3 is 0 Å². The van der Waals surface area contributed by atoms with E-state index < -0.39 is 0 Å². The molecule has 7 heteroatoms. The molecule has 0 fully saturated rings. The van der Waals surface area contributed by atoms with Crippen molar-refractivity contribution in [3.8, 4) is 28.6 Å². The van der Waals surface area contributed by atoms with Gasteiger partial charge in [-0.1, -0.05) is 17.3 Å². The molecule has 0 aliphatic rings. The maximum absolute atomic E-state index is 12.2. The number of carbonyl (C=O) groups excluding carboxylic acids is 1. The minimum Gasteiger partial charge on any atom is -0.497 e. The smallest absolute Gasteiger partial charge is 0.226 e. The number of rotatable bonds is 9. The Kier molecular flexibility index (Phi) is 6.73. The van der Waals surface area contributed by atoms with Gasteiger partial charge in [-0.25, -0.2) is 0 Å². The number of methoxy groups -OCH3 is 3. The van der Waals surface area contributed by atoms with Crippen molar-refractivity contribution < 1.29 is 23.5 Å². The summed E-state index contributed by atoms with van der Waals surface area (Å²) in [6, 6.07) is 15.0. The van der Waals surface area contributed by atoms with E-state index in [0.29, 0.717) is 29.5 Å². The van der Waals surface area contributed by atoms with Gasteiger partial charge in [-0.15, -0.1) is 0 Å². The third-order valence-electron chi connectivity index (χ3n) is 4.44. The Balaban J connectivity index is 1.55. The zero-order chi connectivity index (χ0) is 20.6. The van der Waals surface area contributed by atoms with Crippen LogP contribution < -0.4 is 19.5 Å². The van der Waals surface area contributed by atoms with E-state index >= 15 is 0 Å². The Morgan fingerprint density at radius 1 is 1.00 bits per heavy atom. The molecule has 0 radical (unpaired) electrons. The van der Waals surface area contributed by atoms with Crippen LogP contribution in [0.2, 0.25) is 0 Å². The second kappa shape index (κ2) is 9.64. The van der Waals surface area contributed by atoms with E-state index in [1.54, 1.807) is 39.5 Å². The molecule has 0 aliphatic carbocycles. The lowest BCUT2D eigenvalue weighted by Gasteiger charge is -2.07. The molecule has 0 atom stereocenters. The summed E-state index contributed by atoms with van der Waals surface area (Å²) in [7, 11) is 4.79. The summed E-state index contributed by atoms with van der Waals surface area (Å²) in [5.74, 6) is 2.48. The molecule has 1 heterocycles. The average Bonchev–Trinajstić information content (AvgIpc) is 3.21. The van der Waals surface area contributed by atoms with Crippen LogP contribution in [-0.2, 0) is 17.6 Å². The number of hydrogen-bond donors (Lipinski definition) is 1. The lowest BCUT2D eigenvalue weighted by atomic mass is 10.1. The summed E-state index contributed by atoms with van der Waals surface area (Å²) in [5, 5.41) is 6.90. The summed E-state index contributed by atoms with van der Waals surface area (Å²) in [6.07, 6.45) is 0.869. The minimum atomic E-state index is -0.111. The minimum absolute atomic E-state index is 0.111. The number of hydrogen-bond acceptors (Lipinski definition) is 6. The van der Waals surface area contributed by atoms with E-state index in [1.165, 1.54) is 0 Å². The van der Waals surface area contributed by atoms with E-state index in [0.717, 1.165) is 23.3 Å². The molecule has 0 saturated heterocycles. The van der Waals surface area contributed by atoms with Gasteiger partial charge in [-0.05, 0) is 42.3 Å². The zero-order valence-corrected chi connectivity index (χ0v) is 16.7. The molecule has 0 unspecified atom stereocenters. The van der Waals surface area contributed by atoms with E-state index in [-0.39, 0.29) is 12.3 Å². The SMILES string of the molecule is COc1cccc(CCNC(=O)Cc2cc(-c3ccc(OC)c(OC)c3)on2)c1. The lowest BCUT2D eigenvalue weighted by molar-refractivity contribution is -0.120. The monoisotopic (exact) mass is 396 g/mol. The van der Waals surface area contributed by atoms with Crippen LogP contribution >= 0.6 is 0 Å². The predicted octanol–water partition coefficient (Wildman–Crippen LogP) is 3.27. The molecule has 0 bridgehead atoms. The summed E-state index contributed by atoms with van der Waals surface area (Å²) < 4.78 is 21.1. The van der Waals surface area contributed by atoms with Gasteiger partial charge in [0.1, 0.15) is 5.75 Å². The molecule has 0 aliphatic heterocycles. The molecule has 3 aromatic rings. The zero-order valence-electron chi connectivity index (χ0n) is 16.7. The van der Waals surface area contributed by atoms with Crippen molar-refractivity contribution in [3.63, 3.8) is 0 Å². The van der Waals surface area contributed by atoms with Crippen LogP contribution in [0.5, 0.6) is 17.2 Å². The maximum Gasteiger partial charge on any atom is 0.226 e. The van der Waals surface area contributed by atoms with Crippen LogP contribution in [0.15, 0.2) is 53.1 Å². The molecular formula is C22H24N2O5. The van der Waals surface area contributed by atoms with Gasteiger partial charge < -0.3 is 24.1 Å². The topological polar surface area (TPSA) is 82.8 Å². The van der Waals surface area contributed by atoms with Crippen LogP contribution in [0.3, 0.4) is 0 Å². The van der Waals surface area contributed by atoms with Crippen molar-refractivity contribution in [2.45, 2.75) is 12.8 Å². The Labute approximate surface area is 169 Å². The molecule has 2 aromatic carbocycles. The number of benzene rings is 2. The van der Waals surface area contributed by atoms with Crippen LogP contribution in [0.25, 0.3) is 11.3 Å². The van der Waals surface area contributed by atoms with Crippen LogP contribution in [0.1, 0.15) is 11.3 Å². The number of nitrogens with zero attached hydrogens (tertiary/aromatic N) is 1. The fourth-order valence-electron chi connectivity index (χ4n) is 2.92. The van der Waals surface area contributed by atoms with Crippen LogP contribution in [0, 0.1) is 0 Å². The Morgan fingerprint density at radius 2 is 1.83 bits per heavy atom. The Morgan fingerprint density at radius 3 is 2.59 bits per heavy atom. The fourth-order valence-corrected chi connectivity index (χ4v) is 2.92. The molecule has 0 saturated carbocycles. The predicted molar refractivity (Wildman–Crippen MR) is 108 cm³/mol. The second-order valence-corrected chi connectivity index (χ2v) is 6.38. The molecule has 152 valence electrons. The first-order chi connectivity index (χ1) is 14.1. The van der Waals surface area contributed by atoms with Gasteiger partial charge in [0.05, 0.1) is 33.4 Å². The van der Waals surface area contributed by atoms with Gasteiger partial charge in [-0.3, -0.25) is 4.79 Å². The van der Waals surface area contributed by atoms with Crippen molar-refractivity contribution in [2.75, 3.05) is 27.9 Å². The van der Waals surface area contributed by atoms with Crippen molar-refractivity contribution in [3.05, 3.63) is 59.8 Å². The number of nitrogens with one attached hydrogen (secondary N) is 1. The van der Waals surface area contributed by atoms with E-state index in [1.807, 2.05) is 30.3 Å². The van der Waals surface area contributed by atoms with E-state index in [4.69, 9.17) is 18.7 Å². The number of amides is 1. The summed E-state index contributed by atoms with van der Waals surface area (Å²) in [4.78, 5) is 12.2. The highest BCUT2D eigenvalue weighted by Gasteiger charge is 2.13. The average molecular weight is 396 g/mol. The quantitative estimate of drug-likeness (QED) is 0.598. The van der Waals surface area contributed by atoms with Gasteiger partial charge in [0.25, 0.3) is 0 Å². The number of carbonyl (C=O) groups is 1. The number of ether oxygens (including phenoxy) is 3. The van der Waals surface area contributed by atoms with Crippen molar-refractivity contribution in [2.24, 2.45) is 0 Å². The van der Waals surface area contributed by atoms with Gasteiger partial charge in [0.15, 0.2) is 17.3 Å². The van der Waals surface area contributed by atoms with Crippen molar-refractivity contribution in [1.29, 1.82) is 0 Å². The van der Waals surface area contributed by atoms with E-state index in [9.17, 15) is 4.79 Å². The fraction of sp³-hybridized carbons (Fsp3) is 0.273. The first-order valence-electron chi connectivity index (χ1n) is 9.20. The molecule has 1 aromatic heterocycles. The summed E-state index contributed by atoms with van der Waals surface area (Å²) >= 11 is 0. The van der Waals surface area contributed by atoms with Gasteiger partial charge in [0.2, 0.25) is 5.91 Å². The Hall–Kier alpha value is -3.48. The molecule has 3 rings (SSSR count). The highest BCUT2D eigenvalue weighted by Crippen LogP contribution is 2.32. The van der Waals surface area contributed by atoms with Gasteiger partial charge in [0, 0.05) is 18.2 Å². The molecule has 1 amide bonds. The van der Waals surface area contributed by atoms with Crippen molar-refractivity contribution >= 4 is 5.91 Å². The maximum atomic E-state index is 12.2. The normalized spacial score (nSPS) is 10.4. The molecule has 0 spiro atoms. The summed E-state index contributed by atoms with van der Waals surface area (Å²) in [6.45, 7) is 0.534. The first kappa shape index (κ1) is 20.3. The third-order valence-corrected chi connectivity index (χ3v) is 4.44. The second-order valence-electron chi connectivity index (χ2n) is 6.38.